The molecule has 1 amide bonds. The molecular weight excluding hydrogens is 513 g/mol. The van der Waals surface area contributed by atoms with Gasteiger partial charge in [0.25, 0.3) is 15.6 Å². The van der Waals surface area contributed by atoms with Gasteiger partial charge in [-0.2, -0.15) is 0 Å². The summed E-state index contributed by atoms with van der Waals surface area (Å²) in [7, 11) is -1.29. The number of fused-ring (bicyclic) bond motifs is 1. The number of amides is 1. The van der Waals surface area contributed by atoms with Crippen LogP contribution in [0.5, 0.6) is 5.88 Å². The van der Waals surface area contributed by atoms with Crippen molar-refractivity contribution >= 4 is 32.5 Å². The van der Waals surface area contributed by atoms with E-state index in [1.54, 1.807) is 32.0 Å². The molecule has 2 N–H and O–H groups in total. The van der Waals surface area contributed by atoms with Crippen LogP contribution in [0.15, 0.2) is 64.7 Å². The molecule has 4 rings (SSSR count). The van der Waals surface area contributed by atoms with Gasteiger partial charge in [-0.3, -0.25) is 18.9 Å². The van der Waals surface area contributed by atoms with E-state index in [0.29, 0.717) is 27.6 Å². The van der Waals surface area contributed by atoms with Crippen molar-refractivity contribution in [2.24, 2.45) is 5.92 Å². The van der Waals surface area contributed by atoms with E-state index in [4.69, 9.17) is 4.74 Å². The number of carbonyl (C=O) groups is 1. The Hall–Kier alpha value is -4.32. The summed E-state index contributed by atoms with van der Waals surface area (Å²) in [5, 5.41) is 2.88. The summed E-state index contributed by atoms with van der Waals surface area (Å²) in [5.41, 5.74) is 1.70. The predicted octanol–water partition coefficient (Wildman–Crippen LogP) is 3.10. The highest BCUT2D eigenvalue weighted by Gasteiger charge is 2.20. The van der Waals surface area contributed by atoms with Crippen molar-refractivity contribution < 1.29 is 22.3 Å². The number of aryl methyl sites for hydroxylation is 1. The average molecular weight is 540 g/mol. The number of benzene rings is 2. The van der Waals surface area contributed by atoms with Crippen molar-refractivity contribution in [3.8, 4) is 17.0 Å². The molecule has 0 saturated carbocycles. The van der Waals surface area contributed by atoms with Gasteiger partial charge in [0.2, 0.25) is 11.8 Å². The summed E-state index contributed by atoms with van der Waals surface area (Å²) >= 11 is 0. The van der Waals surface area contributed by atoms with E-state index in [-0.39, 0.29) is 34.5 Å². The molecule has 2 aromatic carbocycles. The Bertz CT molecular complexity index is 1680. The zero-order chi connectivity index (χ0) is 27.6. The Labute approximate surface area is 218 Å². The van der Waals surface area contributed by atoms with E-state index in [0.717, 1.165) is 6.07 Å². The molecular formula is C26H26FN5O5S. The summed E-state index contributed by atoms with van der Waals surface area (Å²) in [4.78, 5) is 33.4. The molecule has 2 aromatic heterocycles. The summed E-state index contributed by atoms with van der Waals surface area (Å²) in [6, 6.07) is 10.0. The maximum absolute atomic E-state index is 13.9. The molecule has 0 aliphatic carbocycles. The number of aromatic nitrogens is 3. The monoisotopic (exact) mass is 539 g/mol. The molecule has 0 saturated heterocycles. The number of sulfonamides is 1. The SMILES string of the molecule is CNC(=O)[C@H](C)Cn1cnc2ccc(-c3cnc(OC)c(NS(=O)(=O)c4cc(C)cc(F)c4)c3)cc2c1=O. The van der Waals surface area contributed by atoms with Gasteiger partial charge in [0.1, 0.15) is 11.5 Å². The summed E-state index contributed by atoms with van der Waals surface area (Å²) in [5.74, 6) is -1.30. The predicted molar refractivity (Wildman–Crippen MR) is 141 cm³/mol. The third kappa shape index (κ3) is 5.49. The second-order valence-corrected chi connectivity index (χ2v) is 10.5. The van der Waals surface area contributed by atoms with Gasteiger partial charge in [-0.05, 0) is 54.4 Å². The lowest BCUT2D eigenvalue weighted by atomic mass is 10.0. The third-order valence-electron chi connectivity index (χ3n) is 5.94. The fraction of sp³-hybridized carbons (Fsp3) is 0.231. The number of nitrogens with zero attached hydrogens (tertiary/aromatic N) is 3. The number of ether oxygens (including phenoxy) is 1. The number of carbonyl (C=O) groups excluding carboxylic acids is 1. The van der Waals surface area contributed by atoms with Crippen molar-refractivity contribution in [1.82, 2.24) is 19.9 Å². The van der Waals surface area contributed by atoms with E-state index in [9.17, 15) is 22.4 Å². The zero-order valence-corrected chi connectivity index (χ0v) is 22.0. The van der Waals surface area contributed by atoms with Crippen LogP contribution in [0.2, 0.25) is 0 Å². The van der Waals surface area contributed by atoms with Crippen LogP contribution >= 0.6 is 0 Å². The van der Waals surface area contributed by atoms with Crippen LogP contribution in [0, 0.1) is 18.7 Å². The number of pyridine rings is 1. The van der Waals surface area contributed by atoms with E-state index in [1.807, 2.05) is 0 Å². The minimum atomic E-state index is -4.16. The van der Waals surface area contributed by atoms with E-state index >= 15 is 0 Å². The van der Waals surface area contributed by atoms with Crippen molar-refractivity contribution in [2.45, 2.75) is 25.3 Å². The molecule has 2 heterocycles. The van der Waals surface area contributed by atoms with Crippen LogP contribution < -0.4 is 20.3 Å². The smallest absolute Gasteiger partial charge is 0.262 e. The first-order chi connectivity index (χ1) is 18.0. The van der Waals surface area contributed by atoms with E-state index in [1.165, 1.54) is 49.4 Å². The molecule has 1 atom stereocenters. The number of halogens is 1. The highest BCUT2D eigenvalue weighted by atomic mass is 32.2. The van der Waals surface area contributed by atoms with Crippen LogP contribution in [0.4, 0.5) is 10.1 Å². The van der Waals surface area contributed by atoms with Gasteiger partial charge >= 0.3 is 0 Å². The second-order valence-electron chi connectivity index (χ2n) is 8.80. The Balaban J connectivity index is 1.73. The fourth-order valence-corrected chi connectivity index (χ4v) is 5.16. The molecule has 0 radical (unpaired) electrons. The largest absolute Gasteiger partial charge is 0.480 e. The molecule has 0 spiro atoms. The van der Waals surface area contributed by atoms with Gasteiger partial charge in [-0.15, -0.1) is 0 Å². The van der Waals surface area contributed by atoms with Crippen LogP contribution in [-0.2, 0) is 21.4 Å². The Kier molecular flexibility index (Phi) is 7.44. The first-order valence-electron chi connectivity index (χ1n) is 11.6. The fourth-order valence-electron chi connectivity index (χ4n) is 4.00. The van der Waals surface area contributed by atoms with Gasteiger partial charge in [0.05, 0.1) is 35.2 Å². The molecule has 0 bridgehead atoms. The summed E-state index contributed by atoms with van der Waals surface area (Å²) in [6.07, 6.45) is 2.88. The normalized spacial score (nSPS) is 12.2. The minimum absolute atomic E-state index is 0.0125. The lowest BCUT2D eigenvalue weighted by Gasteiger charge is -2.14. The Morgan fingerprint density at radius 3 is 2.58 bits per heavy atom. The van der Waals surface area contributed by atoms with Crippen molar-refractivity contribution in [3.63, 3.8) is 0 Å². The van der Waals surface area contributed by atoms with Crippen molar-refractivity contribution in [2.75, 3.05) is 18.9 Å². The first kappa shape index (κ1) is 26.7. The van der Waals surface area contributed by atoms with Crippen molar-refractivity contribution in [3.05, 3.63) is 76.7 Å². The number of anilines is 1. The average Bonchev–Trinajstić information content (AvgIpc) is 2.88. The Morgan fingerprint density at radius 2 is 1.89 bits per heavy atom. The lowest BCUT2D eigenvalue weighted by molar-refractivity contribution is -0.124. The first-order valence-corrected chi connectivity index (χ1v) is 13.1. The molecule has 38 heavy (non-hydrogen) atoms. The quantitative estimate of drug-likeness (QED) is 0.352. The summed E-state index contributed by atoms with van der Waals surface area (Å²) in [6.45, 7) is 3.45. The molecule has 0 fully saturated rings. The topological polar surface area (TPSA) is 132 Å². The molecule has 12 heteroatoms. The van der Waals surface area contributed by atoms with E-state index in [2.05, 4.69) is 20.0 Å². The number of hydrogen-bond acceptors (Lipinski definition) is 7. The Morgan fingerprint density at radius 1 is 1.13 bits per heavy atom. The summed E-state index contributed by atoms with van der Waals surface area (Å²) < 4.78 is 48.9. The number of rotatable bonds is 8. The van der Waals surface area contributed by atoms with Crippen LogP contribution in [0.25, 0.3) is 22.0 Å². The van der Waals surface area contributed by atoms with Gasteiger partial charge in [-0.1, -0.05) is 13.0 Å². The number of nitrogens with one attached hydrogen (secondary N) is 2. The van der Waals surface area contributed by atoms with Gasteiger partial charge in [-0.25, -0.2) is 22.8 Å². The van der Waals surface area contributed by atoms with Crippen LogP contribution in [0.3, 0.4) is 0 Å². The highest BCUT2D eigenvalue weighted by molar-refractivity contribution is 7.92. The maximum Gasteiger partial charge on any atom is 0.262 e. The maximum atomic E-state index is 13.9. The molecule has 0 aliphatic heterocycles. The van der Waals surface area contributed by atoms with Crippen LogP contribution in [0.1, 0.15) is 12.5 Å². The minimum Gasteiger partial charge on any atom is -0.480 e. The number of methoxy groups -OCH3 is 1. The molecule has 0 aliphatic rings. The van der Waals surface area contributed by atoms with Crippen molar-refractivity contribution in [1.29, 1.82) is 0 Å². The molecule has 10 nitrogen and oxygen atoms in total. The van der Waals surface area contributed by atoms with Crippen LogP contribution in [-0.4, -0.2) is 43.0 Å². The van der Waals surface area contributed by atoms with Gasteiger partial charge < -0.3 is 10.1 Å². The number of hydrogen-bond donors (Lipinski definition) is 2. The standard InChI is InChI=1S/C26H26FN5O5S/c1-15-7-19(27)11-20(8-15)38(35,36)31-23-10-18(12-29-25(23)37-4)17-5-6-22-21(9-17)26(34)32(14-30-22)13-16(2)24(33)28-3/h5-12,14,16,31H,13H2,1-4H3,(H,28,33)/t16-/m1/s1. The molecule has 198 valence electrons. The van der Waals surface area contributed by atoms with Gasteiger partial charge in [0.15, 0.2) is 0 Å². The highest BCUT2D eigenvalue weighted by Crippen LogP contribution is 2.31. The second kappa shape index (κ2) is 10.6. The molecule has 0 unspecified atom stereocenters. The van der Waals surface area contributed by atoms with E-state index < -0.39 is 21.8 Å². The zero-order valence-electron chi connectivity index (χ0n) is 21.1. The molecule has 4 aromatic rings. The third-order valence-corrected chi connectivity index (χ3v) is 7.28. The lowest BCUT2D eigenvalue weighted by Crippen LogP contribution is -2.32. The van der Waals surface area contributed by atoms with Gasteiger partial charge in [0, 0.05) is 25.4 Å².